The van der Waals surface area contributed by atoms with Crippen LogP contribution in [-0.2, 0) is 4.79 Å². The Bertz CT molecular complexity index is 953. The first-order chi connectivity index (χ1) is 15.6. The third-order valence-corrected chi connectivity index (χ3v) is 7.83. The molecule has 1 aromatic carbocycles. The highest BCUT2D eigenvalue weighted by molar-refractivity contribution is 7.99. The largest absolute Gasteiger partial charge is 0.339 e. The average molecular weight is 452 g/mol. The second-order valence-electron chi connectivity index (χ2n) is 8.87. The highest BCUT2D eigenvalue weighted by Gasteiger charge is 2.28. The Morgan fingerprint density at radius 3 is 2.47 bits per heavy atom. The van der Waals surface area contributed by atoms with Crippen LogP contribution in [-0.4, -0.2) is 57.2 Å². The summed E-state index contributed by atoms with van der Waals surface area (Å²) in [6.45, 7) is 6.99. The molecule has 0 N–H and O–H groups in total. The number of benzene rings is 1. The van der Waals surface area contributed by atoms with Crippen LogP contribution in [0.4, 0.5) is 0 Å². The highest BCUT2D eigenvalue weighted by Crippen LogP contribution is 2.34. The second-order valence-corrected chi connectivity index (χ2v) is 9.82. The van der Waals surface area contributed by atoms with Crippen LogP contribution in [0.5, 0.6) is 0 Å². The topological polar surface area (TPSA) is 65.2 Å². The summed E-state index contributed by atoms with van der Waals surface area (Å²) in [5.74, 6) is 0.583. The quantitative estimate of drug-likeness (QED) is 0.605. The van der Waals surface area contributed by atoms with Gasteiger partial charge in [-0.15, -0.1) is 0 Å². The molecule has 2 aliphatic rings. The number of imidazole rings is 1. The number of carbonyl (C=O) groups excluding carboxylic acids is 1. The summed E-state index contributed by atoms with van der Waals surface area (Å²) in [5, 5.41) is 10.7. The molecule has 1 aromatic heterocycles. The van der Waals surface area contributed by atoms with Crippen molar-refractivity contribution >= 4 is 17.7 Å². The third-order valence-electron chi connectivity index (χ3n) is 6.89. The van der Waals surface area contributed by atoms with E-state index in [1.165, 1.54) is 37.8 Å². The molecule has 1 saturated heterocycles. The Balaban J connectivity index is 1.33. The summed E-state index contributed by atoms with van der Waals surface area (Å²) in [7, 11) is 0. The zero-order valence-corrected chi connectivity index (χ0v) is 20.0. The average Bonchev–Trinajstić information content (AvgIpc) is 3.13. The molecule has 2 heterocycles. The molecule has 1 amide bonds. The molecule has 1 atom stereocenters. The molecular weight excluding hydrogens is 418 g/mol. The van der Waals surface area contributed by atoms with E-state index in [1.807, 2.05) is 35.2 Å². The maximum atomic E-state index is 13.0. The van der Waals surface area contributed by atoms with Crippen molar-refractivity contribution in [1.82, 2.24) is 19.4 Å². The Morgan fingerprint density at radius 1 is 1.12 bits per heavy atom. The van der Waals surface area contributed by atoms with Gasteiger partial charge in [-0.25, -0.2) is 4.98 Å². The normalized spacial score (nSPS) is 19.0. The van der Waals surface area contributed by atoms with Gasteiger partial charge in [-0.05, 0) is 32.3 Å². The van der Waals surface area contributed by atoms with Gasteiger partial charge in [0.2, 0.25) is 5.91 Å². The minimum atomic E-state index is -0.253. The van der Waals surface area contributed by atoms with Gasteiger partial charge in [0.05, 0.1) is 17.5 Å². The van der Waals surface area contributed by atoms with Crippen molar-refractivity contribution < 1.29 is 4.79 Å². The van der Waals surface area contributed by atoms with Gasteiger partial charge in [0.15, 0.2) is 5.16 Å². The van der Waals surface area contributed by atoms with Crippen LogP contribution in [0.3, 0.4) is 0 Å². The molecule has 0 spiro atoms. The van der Waals surface area contributed by atoms with Gasteiger partial charge in [0.1, 0.15) is 6.04 Å². The van der Waals surface area contributed by atoms with E-state index in [2.05, 4.69) is 29.4 Å². The molecule has 1 aliphatic carbocycles. The molecule has 0 bridgehead atoms. The number of hydrogen-bond acceptors (Lipinski definition) is 5. The van der Waals surface area contributed by atoms with Crippen molar-refractivity contribution in [3.05, 3.63) is 47.3 Å². The first-order valence-corrected chi connectivity index (χ1v) is 12.7. The molecule has 4 rings (SSSR count). The van der Waals surface area contributed by atoms with E-state index in [-0.39, 0.29) is 11.9 Å². The molecule has 6 nitrogen and oxygen atoms in total. The van der Waals surface area contributed by atoms with Crippen molar-refractivity contribution in [2.75, 3.05) is 31.9 Å². The Morgan fingerprint density at radius 2 is 1.81 bits per heavy atom. The van der Waals surface area contributed by atoms with Crippen molar-refractivity contribution in [2.24, 2.45) is 0 Å². The van der Waals surface area contributed by atoms with Crippen molar-refractivity contribution in [2.45, 2.75) is 63.2 Å². The third kappa shape index (κ3) is 5.02. The molecule has 2 fully saturated rings. The summed E-state index contributed by atoms with van der Waals surface area (Å²) >= 11 is 1.58. The lowest BCUT2D eigenvalue weighted by Crippen LogP contribution is -2.50. The van der Waals surface area contributed by atoms with E-state index in [4.69, 9.17) is 4.98 Å². The number of rotatable bonds is 6. The summed E-state index contributed by atoms with van der Waals surface area (Å²) < 4.78 is 2.39. The second kappa shape index (κ2) is 10.5. The summed E-state index contributed by atoms with van der Waals surface area (Å²) in [6.07, 6.45) is 6.30. The molecule has 32 heavy (non-hydrogen) atoms. The number of aromatic nitrogens is 2. The van der Waals surface area contributed by atoms with Crippen LogP contribution in [0.1, 0.15) is 61.1 Å². The van der Waals surface area contributed by atoms with Gasteiger partial charge >= 0.3 is 0 Å². The van der Waals surface area contributed by atoms with Gasteiger partial charge in [-0.1, -0.05) is 61.4 Å². The molecule has 1 aliphatic heterocycles. The molecule has 170 valence electrons. The van der Waals surface area contributed by atoms with Gasteiger partial charge in [-0.2, -0.15) is 5.26 Å². The number of hydrogen-bond donors (Lipinski definition) is 0. The zero-order valence-electron chi connectivity index (χ0n) is 19.2. The predicted octanol–water partition coefficient (Wildman–Crippen LogP) is 4.51. The highest BCUT2D eigenvalue weighted by atomic mass is 32.2. The van der Waals surface area contributed by atoms with E-state index in [0.717, 1.165) is 29.5 Å². The Hall–Kier alpha value is -2.30. The number of aryl methyl sites for hydroxylation is 1. The smallest absolute Gasteiger partial charge is 0.233 e. The number of piperazine rings is 1. The van der Waals surface area contributed by atoms with Crippen LogP contribution in [0.15, 0.2) is 35.5 Å². The van der Waals surface area contributed by atoms with Gasteiger partial charge < -0.3 is 9.47 Å². The minimum Gasteiger partial charge on any atom is -0.339 e. The van der Waals surface area contributed by atoms with Crippen LogP contribution in [0.25, 0.3) is 0 Å². The summed E-state index contributed by atoms with van der Waals surface area (Å²) in [6, 6.07) is 12.6. The van der Waals surface area contributed by atoms with Crippen LogP contribution >= 0.6 is 11.8 Å². The molecule has 1 unspecified atom stereocenters. The lowest BCUT2D eigenvalue weighted by atomic mass is 9.95. The monoisotopic (exact) mass is 451 g/mol. The first-order valence-electron chi connectivity index (χ1n) is 11.7. The fraction of sp³-hybridized carbons (Fsp3) is 0.560. The van der Waals surface area contributed by atoms with Gasteiger partial charge in [-0.3, -0.25) is 9.69 Å². The number of thioether (sulfide) groups is 1. The Kier molecular flexibility index (Phi) is 7.54. The van der Waals surface area contributed by atoms with Crippen LogP contribution < -0.4 is 0 Å². The van der Waals surface area contributed by atoms with E-state index in [0.29, 0.717) is 24.9 Å². The standard InChI is InChI=1S/C25H33N5OS/c1-19-20(2)30(22-11-7-4-8-12-22)25(27-19)32-18-24(31)29-15-13-28(14-16-29)23(17-26)21-9-5-3-6-10-21/h3,5-6,9-10,22-23H,4,7-8,11-16,18H2,1-2H3. The maximum Gasteiger partial charge on any atom is 0.233 e. The number of nitriles is 1. The zero-order chi connectivity index (χ0) is 22.5. The lowest BCUT2D eigenvalue weighted by molar-refractivity contribution is -0.130. The van der Waals surface area contributed by atoms with E-state index in [1.54, 1.807) is 11.8 Å². The summed E-state index contributed by atoms with van der Waals surface area (Å²) in [5.41, 5.74) is 3.33. The predicted molar refractivity (Wildman–Crippen MR) is 127 cm³/mol. The van der Waals surface area contributed by atoms with Crippen molar-refractivity contribution in [3.8, 4) is 6.07 Å². The van der Waals surface area contributed by atoms with Gasteiger partial charge in [0, 0.05) is 37.9 Å². The molecular formula is C25H33N5OS. The lowest BCUT2D eigenvalue weighted by Gasteiger charge is -2.37. The van der Waals surface area contributed by atoms with Crippen LogP contribution in [0, 0.1) is 25.2 Å². The van der Waals surface area contributed by atoms with Crippen molar-refractivity contribution in [3.63, 3.8) is 0 Å². The molecule has 2 aromatic rings. The molecule has 7 heteroatoms. The summed E-state index contributed by atoms with van der Waals surface area (Å²) in [4.78, 5) is 21.9. The SMILES string of the molecule is Cc1nc(SCC(=O)N2CCN(C(C#N)c3ccccc3)CC2)n(C2CCCCC2)c1C. The Labute approximate surface area is 195 Å². The number of amides is 1. The van der Waals surface area contributed by atoms with Crippen molar-refractivity contribution in [1.29, 1.82) is 5.26 Å². The van der Waals surface area contributed by atoms with Crippen LogP contribution in [0.2, 0.25) is 0 Å². The fourth-order valence-corrected chi connectivity index (χ4v) is 5.98. The van der Waals surface area contributed by atoms with Gasteiger partial charge in [0.25, 0.3) is 0 Å². The number of nitrogens with zero attached hydrogens (tertiary/aromatic N) is 5. The minimum absolute atomic E-state index is 0.163. The molecule has 1 saturated carbocycles. The maximum absolute atomic E-state index is 13.0. The van der Waals surface area contributed by atoms with E-state index in [9.17, 15) is 10.1 Å². The number of carbonyl (C=O) groups is 1. The molecule has 0 radical (unpaired) electrons. The first kappa shape index (κ1) is 22.9. The fourth-order valence-electron chi connectivity index (χ4n) is 4.92. The van der Waals surface area contributed by atoms with E-state index < -0.39 is 0 Å². The van der Waals surface area contributed by atoms with E-state index >= 15 is 0 Å².